The van der Waals surface area contributed by atoms with Crippen molar-refractivity contribution in [3.8, 4) is 5.75 Å². The van der Waals surface area contributed by atoms with Gasteiger partial charge in [0.25, 0.3) is 5.91 Å². The van der Waals surface area contributed by atoms with Crippen LogP contribution in [0, 0.1) is 0 Å². The van der Waals surface area contributed by atoms with Crippen LogP contribution in [-0.2, 0) is 4.79 Å². The van der Waals surface area contributed by atoms with Crippen LogP contribution in [-0.4, -0.2) is 18.9 Å². The van der Waals surface area contributed by atoms with E-state index >= 15 is 0 Å². The molecular weight excluding hydrogens is 230 g/mol. The molecule has 88 valence electrons. The molecule has 0 saturated carbocycles. The van der Waals surface area contributed by atoms with Crippen molar-refractivity contribution in [2.24, 2.45) is 0 Å². The molecule has 7 heteroatoms. The molecule has 0 aliphatic heterocycles. The SMILES string of the molecule is O=C(Nc1cccc(OC(F)F)c1)C(F)F. The highest BCUT2D eigenvalue weighted by molar-refractivity contribution is 5.93. The third kappa shape index (κ3) is 3.76. The first-order chi connectivity index (χ1) is 7.49. The molecule has 0 atom stereocenters. The number of carbonyl (C=O) groups excluding carboxylic acids is 1. The number of halogens is 4. The van der Waals surface area contributed by atoms with Crippen LogP contribution >= 0.6 is 0 Å². The molecule has 1 aromatic carbocycles. The first-order valence-electron chi connectivity index (χ1n) is 4.13. The third-order valence-corrected chi connectivity index (χ3v) is 1.52. The summed E-state index contributed by atoms with van der Waals surface area (Å²) in [7, 11) is 0. The van der Waals surface area contributed by atoms with Crippen LogP contribution in [0.1, 0.15) is 0 Å². The molecule has 0 aliphatic rings. The Morgan fingerprint density at radius 1 is 1.25 bits per heavy atom. The number of amides is 1. The average molecular weight is 237 g/mol. The van der Waals surface area contributed by atoms with Gasteiger partial charge in [0.15, 0.2) is 0 Å². The summed E-state index contributed by atoms with van der Waals surface area (Å²) in [6.07, 6.45) is -3.17. The lowest BCUT2D eigenvalue weighted by Crippen LogP contribution is -2.20. The summed E-state index contributed by atoms with van der Waals surface area (Å²) in [5.41, 5.74) is -0.0385. The summed E-state index contributed by atoms with van der Waals surface area (Å²) in [6, 6.07) is 4.80. The smallest absolute Gasteiger partial charge is 0.387 e. The quantitative estimate of drug-likeness (QED) is 0.817. The zero-order valence-electron chi connectivity index (χ0n) is 7.79. The standard InChI is InChI=1S/C9H7F4NO2/c10-7(11)8(15)14-5-2-1-3-6(4-5)16-9(12)13/h1-4,7,9H,(H,14,15). The maximum Gasteiger partial charge on any atom is 0.387 e. The number of anilines is 1. The molecule has 16 heavy (non-hydrogen) atoms. The molecule has 0 aliphatic carbocycles. The van der Waals surface area contributed by atoms with E-state index in [1.807, 2.05) is 5.32 Å². The molecule has 0 saturated heterocycles. The zero-order chi connectivity index (χ0) is 12.1. The van der Waals surface area contributed by atoms with E-state index in [-0.39, 0.29) is 11.4 Å². The maximum atomic E-state index is 11.9. The molecule has 0 aromatic heterocycles. The van der Waals surface area contributed by atoms with Crippen molar-refractivity contribution in [2.45, 2.75) is 13.0 Å². The fraction of sp³-hybridized carbons (Fsp3) is 0.222. The Balaban J connectivity index is 2.71. The first-order valence-corrected chi connectivity index (χ1v) is 4.13. The predicted octanol–water partition coefficient (Wildman–Crippen LogP) is 2.49. The number of hydrogen-bond donors (Lipinski definition) is 1. The van der Waals surface area contributed by atoms with E-state index in [0.29, 0.717) is 0 Å². The highest BCUT2D eigenvalue weighted by Gasteiger charge is 2.15. The van der Waals surface area contributed by atoms with Crippen molar-refractivity contribution in [3.63, 3.8) is 0 Å². The molecule has 0 bridgehead atoms. The van der Waals surface area contributed by atoms with Crippen LogP contribution in [0.4, 0.5) is 23.2 Å². The third-order valence-electron chi connectivity index (χ3n) is 1.52. The van der Waals surface area contributed by atoms with Crippen molar-refractivity contribution < 1.29 is 27.1 Å². The van der Waals surface area contributed by atoms with Crippen molar-refractivity contribution in [1.82, 2.24) is 0 Å². The van der Waals surface area contributed by atoms with Crippen LogP contribution in [0.2, 0.25) is 0 Å². The van der Waals surface area contributed by atoms with Gasteiger partial charge in [0.1, 0.15) is 5.75 Å². The minimum atomic E-state index is -3.17. The molecule has 1 aromatic rings. The van der Waals surface area contributed by atoms with Gasteiger partial charge in [-0.15, -0.1) is 0 Å². The number of benzene rings is 1. The topological polar surface area (TPSA) is 38.3 Å². The normalized spacial score (nSPS) is 10.6. The van der Waals surface area contributed by atoms with E-state index in [1.54, 1.807) is 0 Å². The van der Waals surface area contributed by atoms with Gasteiger partial charge in [-0.05, 0) is 12.1 Å². The van der Waals surface area contributed by atoms with Crippen molar-refractivity contribution in [1.29, 1.82) is 0 Å². The summed E-state index contributed by atoms with van der Waals surface area (Å²) >= 11 is 0. The molecule has 0 fully saturated rings. The first kappa shape index (κ1) is 12.3. The van der Waals surface area contributed by atoms with Gasteiger partial charge < -0.3 is 10.1 Å². The molecule has 0 radical (unpaired) electrons. The fourth-order valence-corrected chi connectivity index (χ4v) is 0.947. The Morgan fingerprint density at radius 2 is 1.94 bits per heavy atom. The molecule has 1 amide bonds. The Labute approximate surface area is 88.0 Å². The second kappa shape index (κ2) is 5.34. The molecule has 0 heterocycles. The van der Waals surface area contributed by atoms with Crippen LogP contribution in [0.5, 0.6) is 5.75 Å². The number of alkyl halides is 4. The van der Waals surface area contributed by atoms with E-state index in [2.05, 4.69) is 4.74 Å². The van der Waals surface area contributed by atoms with Gasteiger partial charge in [-0.25, -0.2) is 0 Å². The van der Waals surface area contributed by atoms with Gasteiger partial charge in [0, 0.05) is 11.8 Å². The monoisotopic (exact) mass is 237 g/mol. The fourth-order valence-electron chi connectivity index (χ4n) is 0.947. The minimum Gasteiger partial charge on any atom is -0.435 e. The highest BCUT2D eigenvalue weighted by atomic mass is 19.3. The lowest BCUT2D eigenvalue weighted by atomic mass is 10.3. The number of rotatable bonds is 4. The molecular formula is C9H7F4NO2. The van der Waals surface area contributed by atoms with Gasteiger partial charge >= 0.3 is 13.0 Å². The van der Waals surface area contributed by atoms with Gasteiger partial charge in [-0.3, -0.25) is 4.79 Å². The molecule has 1 rings (SSSR count). The van der Waals surface area contributed by atoms with Crippen molar-refractivity contribution >= 4 is 11.6 Å². The van der Waals surface area contributed by atoms with Gasteiger partial charge in [0.05, 0.1) is 0 Å². The molecule has 3 nitrogen and oxygen atoms in total. The summed E-state index contributed by atoms with van der Waals surface area (Å²) in [5, 5.41) is 1.84. The second-order valence-corrected chi connectivity index (χ2v) is 2.70. The zero-order valence-corrected chi connectivity index (χ0v) is 7.79. The van der Waals surface area contributed by atoms with E-state index in [4.69, 9.17) is 0 Å². The summed E-state index contributed by atoms with van der Waals surface area (Å²) < 4.78 is 51.4. The Bertz CT molecular complexity index is 370. The summed E-state index contributed by atoms with van der Waals surface area (Å²) in [6.45, 7) is -3.01. The van der Waals surface area contributed by atoms with E-state index in [1.165, 1.54) is 18.2 Å². The largest absolute Gasteiger partial charge is 0.435 e. The van der Waals surface area contributed by atoms with E-state index < -0.39 is 18.9 Å². The Morgan fingerprint density at radius 3 is 2.50 bits per heavy atom. The van der Waals surface area contributed by atoms with E-state index in [9.17, 15) is 22.4 Å². The molecule has 0 spiro atoms. The van der Waals surface area contributed by atoms with Crippen molar-refractivity contribution in [3.05, 3.63) is 24.3 Å². The maximum absolute atomic E-state index is 11.9. The molecule has 0 unspecified atom stereocenters. The van der Waals surface area contributed by atoms with Gasteiger partial charge in [-0.2, -0.15) is 17.6 Å². The van der Waals surface area contributed by atoms with E-state index in [0.717, 1.165) is 6.07 Å². The number of hydrogen-bond acceptors (Lipinski definition) is 2. The lowest BCUT2D eigenvalue weighted by Gasteiger charge is -2.07. The number of carbonyl (C=O) groups is 1. The summed E-state index contributed by atoms with van der Waals surface area (Å²) in [4.78, 5) is 10.6. The van der Waals surface area contributed by atoms with Gasteiger partial charge in [-0.1, -0.05) is 6.07 Å². The average Bonchev–Trinajstić information content (AvgIpc) is 2.16. The second-order valence-electron chi connectivity index (χ2n) is 2.70. The molecule has 1 N–H and O–H groups in total. The summed E-state index contributed by atoms with van der Waals surface area (Å²) in [5.74, 6) is -1.73. The van der Waals surface area contributed by atoms with Crippen LogP contribution in [0.15, 0.2) is 24.3 Å². The Kier molecular flexibility index (Phi) is 4.10. The van der Waals surface area contributed by atoms with Crippen LogP contribution in [0.25, 0.3) is 0 Å². The lowest BCUT2D eigenvalue weighted by molar-refractivity contribution is -0.126. The van der Waals surface area contributed by atoms with Gasteiger partial charge in [0.2, 0.25) is 0 Å². The van der Waals surface area contributed by atoms with Crippen LogP contribution < -0.4 is 10.1 Å². The number of nitrogens with one attached hydrogen (secondary N) is 1. The highest BCUT2D eigenvalue weighted by Crippen LogP contribution is 2.19. The Hall–Kier alpha value is -1.79. The van der Waals surface area contributed by atoms with Crippen LogP contribution in [0.3, 0.4) is 0 Å². The minimum absolute atomic E-state index is 0.0385. The van der Waals surface area contributed by atoms with Crippen molar-refractivity contribution in [2.75, 3.05) is 5.32 Å². The predicted molar refractivity (Wildman–Crippen MR) is 47.7 cm³/mol. The number of ether oxygens (including phenoxy) is 1.